The molecule has 1 saturated carbocycles. The van der Waals surface area contributed by atoms with Crippen molar-refractivity contribution in [3.8, 4) is 0 Å². The molecular weight excluding hydrogens is 284 g/mol. The van der Waals surface area contributed by atoms with E-state index in [1.165, 1.54) is 19.3 Å². The molecule has 0 unspecified atom stereocenters. The predicted octanol–water partition coefficient (Wildman–Crippen LogP) is 3.41. The van der Waals surface area contributed by atoms with Gasteiger partial charge in [-0.3, -0.25) is 4.68 Å². The highest BCUT2D eigenvalue weighted by Crippen LogP contribution is 2.38. The Kier molecular flexibility index (Phi) is 3.86. The average molecular weight is 301 g/mol. The van der Waals surface area contributed by atoms with Crippen molar-refractivity contribution < 1.29 is 9.90 Å². The van der Waals surface area contributed by atoms with E-state index in [0.717, 1.165) is 23.0 Å². The average Bonchev–Trinajstić information content (AvgIpc) is 2.67. The van der Waals surface area contributed by atoms with Crippen molar-refractivity contribution in [3.63, 3.8) is 0 Å². The fourth-order valence-corrected chi connectivity index (χ4v) is 3.42. The Hall–Kier alpha value is -0.840. The highest BCUT2D eigenvalue weighted by atomic mass is 79.9. The largest absolute Gasteiger partial charge is 0.476 e. The Labute approximate surface area is 109 Å². The lowest BCUT2D eigenvalue weighted by atomic mass is 9.84. The molecule has 1 aliphatic rings. The van der Waals surface area contributed by atoms with E-state index in [4.69, 9.17) is 0 Å². The van der Waals surface area contributed by atoms with Crippen LogP contribution in [0.4, 0.5) is 0 Å². The lowest BCUT2D eigenvalue weighted by Gasteiger charge is -2.21. The third-order valence-electron chi connectivity index (χ3n) is 3.44. The highest BCUT2D eigenvalue weighted by Gasteiger charge is 2.28. The summed E-state index contributed by atoms with van der Waals surface area (Å²) in [5, 5.41) is 13.4. The predicted molar refractivity (Wildman–Crippen MR) is 68.4 cm³/mol. The SMILES string of the molecule is CCn1nc(C(=O)O)c(C2CCCCC2)c1Br. The van der Waals surface area contributed by atoms with Crippen LogP contribution < -0.4 is 0 Å². The number of hydrogen-bond donors (Lipinski definition) is 1. The van der Waals surface area contributed by atoms with Gasteiger partial charge in [-0.25, -0.2) is 4.79 Å². The Morgan fingerprint density at radius 1 is 1.47 bits per heavy atom. The van der Waals surface area contributed by atoms with E-state index >= 15 is 0 Å². The second-order valence-corrected chi connectivity index (χ2v) is 5.26. The first-order valence-corrected chi connectivity index (χ1v) is 6.94. The molecule has 0 aromatic carbocycles. The van der Waals surface area contributed by atoms with E-state index in [9.17, 15) is 9.90 Å². The first-order chi connectivity index (χ1) is 8.15. The van der Waals surface area contributed by atoms with Gasteiger partial charge < -0.3 is 5.11 Å². The van der Waals surface area contributed by atoms with Crippen LogP contribution in [-0.2, 0) is 6.54 Å². The number of carboxylic acids is 1. The minimum atomic E-state index is -0.918. The monoisotopic (exact) mass is 300 g/mol. The quantitative estimate of drug-likeness (QED) is 0.930. The van der Waals surface area contributed by atoms with Crippen LogP contribution in [-0.4, -0.2) is 20.9 Å². The van der Waals surface area contributed by atoms with Gasteiger partial charge in [0.15, 0.2) is 5.69 Å². The number of aromatic carboxylic acids is 1. The van der Waals surface area contributed by atoms with E-state index in [-0.39, 0.29) is 5.69 Å². The number of aryl methyl sites for hydroxylation is 1. The molecule has 1 heterocycles. The number of aromatic nitrogens is 2. The molecule has 2 rings (SSSR count). The molecule has 1 N–H and O–H groups in total. The van der Waals surface area contributed by atoms with Gasteiger partial charge in [0.05, 0.1) is 0 Å². The Morgan fingerprint density at radius 2 is 2.12 bits per heavy atom. The molecule has 0 aliphatic heterocycles. The van der Waals surface area contributed by atoms with Gasteiger partial charge in [-0.1, -0.05) is 19.3 Å². The van der Waals surface area contributed by atoms with Gasteiger partial charge in [-0.15, -0.1) is 0 Å². The molecule has 0 spiro atoms. The topological polar surface area (TPSA) is 55.1 Å². The summed E-state index contributed by atoms with van der Waals surface area (Å²) < 4.78 is 2.58. The van der Waals surface area contributed by atoms with Gasteiger partial charge in [0.1, 0.15) is 4.60 Å². The molecule has 94 valence electrons. The second-order valence-electron chi connectivity index (χ2n) is 4.51. The van der Waals surface area contributed by atoms with Crippen LogP contribution in [0.2, 0.25) is 0 Å². The Morgan fingerprint density at radius 3 is 2.65 bits per heavy atom. The number of halogens is 1. The number of rotatable bonds is 3. The van der Waals surface area contributed by atoms with Crippen molar-refractivity contribution in [1.82, 2.24) is 9.78 Å². The summed E-state index contributed by atoms with van der Waals surface area (Å²) in [6.07, 6.45) is 5.79. The van der Waals surface area contributed by atoms with E-state index in [1.807, 2.05) is 6.92 Å². The maximum Gasteiger partial charge on any atom is 0.356 e. The standard InChI is InChI=1S/C12H17BrN2O2/c1-2-15-11(13)9(10(14-15)12(16)17)8-6-4-3-5-7-8/h8H,2-7H2,1H3,(H,16,17). The zero-order valence-electron chi connectivity index (χ0n) is 9.95. The van der Waals surface area contributed by atoms with Crippen LogP contribution in [0.5, 0.6) is 0 Å². The van der Waals surface area contributed by atoms with Crippen LogP contribution in [0.3, 0.4) is 0 Å². The lowest BCUT2D eigenvalue weighted by Crippen LogP contribution is -2.09. The maximum atomic E-state index is 11.2. The number of carboxylic acid groups (broad SMARTS) is 1. The lowest BCUT2D eigenvalue weighted by molar-refractivity contribution is 0.0687. The molecule has 1 aliphatic carbocycles. The summed E-state index contributed by atoms with van der Waals surface area (Å²) in [5.41, 5.74) is 1.13. The van der Waals surface area contributed by atoms with Crippen molar-refractivity contribution in [2.24, 2.45) is 0 Å². The summed E-state index contributed by atoms with van der Waals surface area (Å²) in [5.74, 6) is -0.567. The normalized spacial score (nSPS) is 17.3. The molecule has 0 saturated heterocycles. The molecule has 1 aromatic rings. The molecule has 4 nitrogen and oxygen atoms in total. The van der Waals surface area contributed by atoms with Crippen molar-refractivity contribution in [2.75, 3.05) is 0 Å². The third-order valence-corrected chi connectivity index (χ3v) is 4.28. The van der Waals surface area contributed by atoms with Crippen molar-refractivity contribution >= 4 is 21.9 Å². The molecule has 1 aromatic heterocycles. The zero-order valence-corrected chi connectivity index (χ0v) is 11.5. The van der Waals surface area contributed by atoms with Crippen LogP contribution in [0.25, 0.3) is 0 Å². The number of nitrogens with zero attached hydrogens (tertiary/aromatic N) is 2. The number of carbonyl (C=O) groups is 1. The molecule has 0 radical (unpaired) electrons. The summed E-state index contributed by atoms with van der Waals surface area (Å²) in [7, 11) is 0. The van der Waals surface area contributed by atoms with Gasteiger partial charge >= 0.3 is 5.97 Å². The summed E-state index contributed by atoms with van der Waals surface area (Å²) in [6.45, 7) is 2.65. The molecule has 5 heteroatoms. The second kappa shape index (κ2) is 5.21. The van der Waals surface area contributed by atoms with Crippen LogP contribution in [0, 0.1) is 0 Å². The highest BCUT2D eigenvalue weighted by molar-refractivity contribution is 9.10. The summed E-state index contributed by atoms with van der Waals surface area (Å²) in [6, 6.07) is 0. The van der Waals surface area contributed by atoms with Gasteiger partial charge in [0.25, 0.3) is 0 Å². The molecule has 0 amide bonds. The van der Waals surface area contributed by atoms with Crippen LogP contribution in [0.1, 0.15) is 61.0 Å². The molecular formula is C12H17BrN2O2. The minimum Gasteiger partial charge on any atom is -0.476 e. The van der Waals surface area contributed by atoms with Gasteiger partial charge in [-0.05, 0) is 41.6 Å². The van der Waals surface area contributed by atoms with Gasteiger partial charge in [0.2, 0.25) is 0 Å². The van der Waals surface area contributed by atoms with Gasteiger partial charge in [-0.2, -0.15) is 5.10 Å². The fraction of sp³-hybridized carbons (Fsp3) is 0.667. The molecule has 1 fully saturated rings. The van der Waals surface area contributed by atoms with Crippen molar-refractivity contribution in [1.29, 1.82) is 0 Å². The van der Waals surface area contributed by atoms with Crippen LogP contribution >= 0.6 is 15.9 Å². The first kappa shape index (κ1) is 12.6. The van der Waals surface area contributed by atoms with Crippen LogP contribution in [0.15, 0.2) is 4.60 Å². The zero-order chi connectivity index (χ0) is 12.4. The molecule has 0 atom stereocenters. The van der Waals surface area contributed by atoms with E-state index in [0.29, 0.717) is 12.5 Å². The van der Waals surface area contributed by atoms with Gasteiger partial charge in [0, 0.05) is 12.1 Å². The van der Waals surface area contributed by atoms with Crippen molar-refractivity contribution in [2.45, 2.75) is 51.5 Å². The summed E-state index contributed by atoms with van der Waals surface area (Å²) in [4.78, 5) is 11.2. The first-order valence-electron chi connectivity index (χ1n) is 6.14. The maximum absolute atomic E-state index is 11.2. The van der Waals surface area contributed by atoms with E-state index < -0.39 is 5.97 Å². The number of hydrogen-bond acceptors (Lipinski definition) is 2. The van der Waals surface area contributed by atoms with E-state index in [1.54, 1.807) is 4.68 Å². The fourth-order valence-electron chi connectivity index (χ4n) is 2.58. The Bertz CT molecular complexity index is 422. The van der Waals surface area contributed by atoms with Crippen molar-refractivity contribution in [3.05, 3.63) is 15.9 Å². The third kappa shape index (κ3) is 2.39. The molecule has 0 bridgehead atoms. The minimum absolute atomic E-state index is 0.227. The Balaban J connectivity index is 2.41. The summed E-state index contributed by atoms with van der Waals surface area (Å²) >= 11 is 3.50. The van der Waals surface area contributed by atoms with E-state index in [2.05, 4.69) is 21.0 Å². The molecule has 17 heavy (non-hydrogen) atoms. The smallest absolute Gasteiger partial charge is 0.356 e.